The van der Waals surface area contributed by atoms with Gasteiger partial charge in [-0.25, -0.2) is 0 Å². The number of nitrogens with two attached hydrogens (primary N) is 1. The number of halogens is 1. The van der Waals surface area contributed by atoms with Crippen LogP contribution in [0, 0.1) is 11.3 Å². The molecule has 18 heavy (non-hydrogen) atoms. The molecule has 100 valence electrons. The standard InChI is InChI=1S/C14H21ClN2O/c1-9(14(2,3)4)8-17-13(18)10-5-11(15)7-12(16)6-10/h5-7,9H,8,16H2,1-4H3,(H,17,18). The van der Waals surface area contributed by atoms with E-state index in [1.54, 1.807) is 18.2 Å². The topological polar surface area (TPSA) is 55.1 Å². The molecule has 0 heterocycles. The molecule has 1 unspecified atom stereocenters. The average molecular weight is 269 g/mol. The molecule has 1 atom stereocenters. The van der Waals surface area contributed by atoms with Crippen LogP contribution < -0.4 is 11.1 Å². The lowest BCUT2D eigenvalue weighted by Gasteiger charge is -2.27. The zero-order chi connectivity index (χ0) is 13.9. The second-order valence-electron chi connectivity index (χ2n) is 5.75. The fourth-order valence-electron chi connectivity index (χ4n) is 1.40. The molecule has 1 amide bonds. The van der Waals surface area contributed by atoms with Crippen molar-refractivity contribution in [1.82, 2.24) is 5.32 Å². The molecule has 0 bridgehead atoms. The largest absolute Gasteiger partial charge is 0.399 e. The maximum atomic E-state index is 12.0. The molecule has 4 heteroatoms. The number of carbonyl (C=O) groups excluding carboxylic acids is 1. The zero-order valence-corrected chi connectivity index (χ0v) is 12.1. The van der Waals surface area contributed by atoms with E-state index in [0.717, 1.165) is 0 Å². The molecule has 1 aromatic carbocycles. The van der Waals surface area contributed by atoms with Gasteiger partial charge in [0.05, 0.1) is 0 Å². The van der Waals surface area contributed by atoms with Crippen LogP contribution >= 0.6 is 11.6 Å². The Hall–Kier alpha value is -1.22. The van der Waals surface area contributed by atoms with Gasteiger partial charge in [-0.15, -0.1) is 0 Å². The predicted molar refractivity (Wildman–Crippen MR) is 76.8 cm³/mol. The normalized spacial score (nSPS) is 13.2. The van der Waals surface area contributed by atoms with E-state index in [1.165, 1.54) is 0 Å². The van der Waals surface area contributed by atoms with Gasteiger partial charge in [-0.05, 0) is 29.5 Å². The molecule has 0 saturated carbocycles. The van der Waals surface area contributed by atoms with Gasteiger partial charge in [-0.3, -0.25) is 4.79 Å². The molecular weight excluding hydrogens is 248 g/mol. The van der Waals surface area contributed by atoms with E-state index in [9.17, 15) is 4.79 Å². The van der Waals surface area contributed by atoms with Gasteiger partial charge in [0.1, 0.15) is 0 Å². The molecule has 3 N–H and O–H groups in total. The summed E-state index contributed by atoms with van der Waals surface area (Å²) in [7, 11) is 0. The molecule has 3 nitrogen and oxygen atoms in total. The van der Waals surface area contributed by atoms with Gasteiger partial charge in [0.25, 0.3) is 5.91 Å². The first-order valence-electron chi connectivity index (χ1n) is 6.04. The molecule has 0 aliphatic heterocycles. The highest BCUT2D eigenvalue weighted by Crippen LogP contribution is 2.24. The Kier molecular flexibility index (Phi) is 4.63. The van der Waals surface area contributed by atoms with Crippen LogP contribution in [-0.4, -0.2) is 12.5 Å². The van der Waals surface area contributed by atoms with E-state index in [2.05, 4.69) is 33.0 Å². The molecule has 0 aliphatic rings. The van der Waals surface area contributed by atoms with E-state index in [0.29, 0.717) is 28.7 Å². The second kappa shape index (κ2) is 5.61. The molecule has 0 fully saturated rings. The Morgan fingerprint density at radius 1 is 1.39 bits per heavy atom. The second-order valence-corrected chi connectivity index (χ2v) is 6.19. The van der Waals surface area contributed by atoms with Crippen molar-refractivity contribution >= 4 is 23.2 Å². The SMILES string of the molecule is CC(CNC(=O)c1cc(N)cc(Cl)c1)C(C)(C)C. The fourth-order valence-corrected chi connectivity index (χ4v) is 1.64. The molecule has 0 saturated heterocycles. The smallest absolute Gasteiger partial charge is 0.251 e. The molecule has 1 aromatic rings. The quantitative estimate of drug-likeness (QED) is 0.826. The summed E-state index contributed by atoms with van der Waals surface area (Å²) >= 11 is 5.87. The van der Waals surface area contributed by atoms with E-state index in [-0.39, 0.29) is 11.3 Å². The Bertz CT molecular complexity index is 418. The molecular formula is C14H21ClN2O. The van der Waals surface area contributed by atoms with Crippen molar-refractivity contribution in [3.05, 3.63) is 28.8 Å². The first-order chi connectivity index (χ1) is 8.20. The first kappa shape index (κ1) is 14.8. The minimum absolute atomic E-state index is 0.139. The Morgan fingerprint density at radius 3 is 2.50 bits per heavy atom. The van der Waals surface area contributed by atoms with E-state index in [1.807, 2.05) is 0 Å². The summed E-state index contributed by atoms with van der Waals surface area (Å²) in [6.45, 7) is 9.21. The summed E-state index contributed by atoms with van der Waals surface area (Å²) in [5.74, 6) is 0.248. The Morgan fingerprint density at radius 2 is 2.00 bits per heavy atom. The van der Waals surface area contributed by atoms with Gasteiger partial charge >= 0.3 is 0 Å². The summed E-state index contributed by atoms with van der Waals surface area (Å²) in [5, 5.41) is 3.38. The summed E-state index contributed by atoms with van der Waals surface area (Å²) in [6.07, 6.45) is 0. The number of hydrogen-bond donors (Lipinski definition) is 2. The highest BCUT2D eigenvalue weighted by atomic mass is 35.5. The average Bonchev–Trinajstić information content (AvgIpc) is 2.22. The summed E-state index contributed by atoms with van der Waals surface area (Å²) in [4.78, 5) is 12.0. The van der Waals surface area contributed by atoms with Crippen LogP contribution in [-0.2, 0) is 0 Å². The van der Waals surface area contributed by atoms with Crippen LogP contribution in [0.2, 0.25) is 5.02 Å². The van der Waals surface area contributed by atoms with E-state index >= 15 is 0 Å². The van der Waals surface area contributed by atoms with Crippen LogP contribution in [0.1, 0.15) is 38.1 Å². The lowest BCUT2D eigenvalue weighted by atomic mass is 9.82. The van der Waals surface area contributed by atoms with Gasteiger partial charge in [0.2, 0.25) is 0 Å². The lowest BCUT2D eigenvalue weighted by Crippen LogP contribution is -2.33. The summed E-state index contributed by atoms with van der Waals surface area (Å²) < 4.78 is 0. The maximum Gasteiger partial charge on any atom is 0.251 e. The predicted octanol–water partition coefficient (Wildman–Crippen LogP) is 3.33. The molecule has 0 spiro atoms. The van der Waals surface area contributed by atoms with Crippen LogP contribution in [0.5, 0.6) is 0 Å². The Balaban J connectivity index is 2.66. The van der Waals surface area contributed by atoms with E-state index in [4.69, 9.17) is 17.3 Å². The Labute approximate surface area is 114 Å². The van der Waals surface area contributed by atoms with Gasteiger partial charge < -0.3 is 11.1 Å². The van der Waals surface area contributed by atoms with Crippen LogP contribution in [0.4, 0.5) is 5.69 Å². The van der Waals surface area contributed by atoms with Crippen molar-refractivity contribution in [2.24, 2.45) is 11.3 Å². The van der Waals surface area contributed by atoms with Crippen LogP contribution in [0.15, 0.2) is 18.2 Å². The minimum atomic E-state index is -0.139. The van der Waals surface area contributed by atoms with E-state index < -0.39 is 0 Å². The number of anilines is 1. The van der Waals surface area contributed by atoms with Gasteiger partial charge in [-0.2, -0.15) is 0 Å². The summed E-state index contributed by atoms with van der Waals surface area (Å²) in [6, 6.07) is 4.87. The number of hydrogen-bond acceptors (Lipinski definition) is 2. The van der Waals surface area contributed by atoms with Gasteiger partial charge in [-0.1, -0.05) is 39.3 Å². The third-order valence-electron chi connectivity index (χ3n) is 3.23. The molecule has 0 aliphatic carbocycles. The highest BCUT2D eigenvalue weighted by molar-refractivity contribution is 6.31. The van der Waals surface area contributed by atoms with Gasteiger partial charge in [0.15, 0.2) is 0 Å². The highest BCUT2D eigenvalue weighted by Gasteiger charge is 2.20. The number of nitrogens with one attached hydrogen (secondary N) is 1. The molecule has 0 radical (unpaired) electrons. The van der Waals surface area contributed by atoms with Crippen molar-refractivity contribution in [2.75, 3.05) is 12.3 Å². The van der Waals surface area contributed by atoms with Crippen molar-refractivity contribution in [3.8, 4) is 0 Å². The number of nitrogen functional groups attached to an aromatic ring is 1. The molecule has 1 rings (SSSR count). The van der Waals surface area contributed by atoms with Crippen molar-refractivity contribution in [2.45, 2.75) is 27.7 Å². The van der Waals surface area contributed by atoms with Crippen molar-refractivity contribution < 1.29 is 4.79 Å². The monoisotopic (exact) mass is 268 g/mol. The third-order valence-corrected chi connectivity index (χ3v) is 3.45. The first-order valence-corrected chi connectivity index (χ1v) is 6.42. The number of carbonyl (C=O) groups is 1. The number of amides is 1. The maximum absolute atomic E-state index is 12.0. The number of benzene rings is 1. The fraction of sp³-hybridized carbons (Fsp3) is 0.500. The zero-order valence-electron chi connectivity index (χ0n) is 11.4. The van der Waals surface area contributed by atoms with Crippen molar-refractivity contribution in [1.29, 1.82) is 0 Å². The molecule has 0 aromatic heterocycles. The number of rotatable bonds is 3. The lowest BCUT2D eigenvalue weighted by molar-refractivity contribution is 0.0937. The van der Waals surface area contributed by atoms with Crippen molar-refractivity contribution in [3.63, 3.8) is 0 Å². The third kappa shape index (κ3) is 4.22. The van der Waals surface area contributed by atoms with Crippen LogP contribution in [0.25, 0.3) is 0 Å². The van der Waals surface area contributed by atoms with Crippen LogP contribution in [0.3, 0.4) is 0 Å². The minimum Gasteiger partial charge on any atom is -0.399 e. The summed E-state index contributed by atoms with van der Waals surface area (Å²) in [5.41, 5.74) is 6.82. The van der Waals surface area contributed by atoms with Gasteiger partial charge in [0, 0.05) is 22.8 Å².